The number of carbonyl (C=O) groups excluding carboxylic acids is 1. The topological polar surface area (TPSA) is 82.4 Å². The molecule has 3 heterocycles. The lowest BCUT2D eigenvalue weighted by molar-refractivity contribution is -0.160. The number of carbonyl (C=O) groups is 1. The van der Waals surface area contributed by atoms with Crippen LogP contribution in [0.3, 0.4) is 0 Å². The van der Waals surface area contributed by atoms with E-state index in [-0.39, 0.29) is 19.2 Å². The summed E-state index contributed by atoms with van der Waals surface area (Å²) in [5, 5.41) is 9.07. The van der Waals surface area contributed by atoms with E-state index in [1.54, 1.807) is 0 Å². The summed E-state index contributed by atoms with van der Waals surface area (Å²) in [5.41, 5.74) is -0.529. The molecule has 0 aromatic carbocycles. The summed E-state index contributed by atoms with van der Waals surface area (Å²) >= 11 is 0. The van der Waals surface area contributed by atoms with Gasteiger partial charge in [0, 0.05) is 31.7 Å². The molecule has 1 atom stereocenters. The highest BCUT2D eigenvalue weighted by Crippen LogP contribution is 2.30. The Morgan fingerprint density at radius 2 is 1.97 bits per heavy atom. The van der Waals surface area contributed by atoms with Crippen molar-refractivity contribution >= 4 is 11.8 Å². The fourth-order valence-electron chi connectivity index (χ4n) is 4.46. The zero-order chi connectivity index (χ0) is 24.0. The van der Waals surface area contributed by atoms with E-state index in [0.29, 0.717) is 11.8 Å². The van der Waals surface area contributed by atoms with Crippen molar-refractivity contribution < 1.29 is 14.3 Å². The number of nitrogens with zero attached hydrogens (tertiary/aromatic N) is 5. The van der Waals surface area contributed by atoms with Crippen molar-refractivity contribution in [3.05, 3.63) is 60.3 Å². The molecule has 1 fully saturated rings. The van der Waals surface area contributed by atoms with E-state index in [0.717, 1.165) is 56.4 Å². The molecule has 1 unspecified atom stereocenters. The Morgan fingerprint density at radius 1 is 1.15 bits per heavy atom. The molecule has 0 spiro atoms. The highest BCUT2D eigenvalue weighted by Gasteiger charge is 2.28. The Kier molecular flexibility index (Phi) is 7.77. The quantitative estimate of drug-likeness (QED) is 0.544. The molecule has 0 N–H and O–H groups in total. The molecule has 34 heavy (non-hydrogen) atoms. The molecule has 8 heteroatoms. The Labute approximate surface area is 201 Å². The smallest absolute Gasteiger partial charge is 0.332 e. The van der Waals surface area contributed by atoms with Crippen LogP contribution >= 0.6 is 0 Å². The maximum Gasteiger partial charge on any atom is 0.332 e. The molecule has 1 saturated heterocycles. The summed E-state index contributed by atoms with van der Waals surface area (Å²) in [4.78, 5) is 18.9. The Morgan fingerprint density at radius 3 is 2.65 bits per heavy atom. The first kappa shape index (κ1) is 24.1. The van der Waals surface area contributed by atoms with Crippen LogP contribution in [0.1, 0.15) is 57.6 Å². The lowest BCUT2D eigenvalue weighted by atomic mass is 9.95. The van der Waals surface area contributed by atoms with Crippen LogP contribution < -0.4 is 4.90 Å². The third-order valence-corrected chi connectivity index (χ3v) is 6.05. The van der Waals surface area contributed by atoms with Crippen LogP contribution in [0.15, 0.2) is 48.7 Å². The van der Waals surface area contributed by atoms with E-state index in [4.69, 9.17) is 9.47 Å². The molecule has 0 radical (unpaired) electrons. The van der Waals surface area contributed by atoms with Crippen molar-refractivity contribution in [1.29, 1.82) is 0 Å². The number of hydrogen-bond acceptors (Lipinski definition) is 7. The van der Waals surface area contributed by atoms with Crippen LogP contribution in [0.2, 0.25) is 0 Å². The molecule has 2 aromatic heterocycles. The number of rotatable bonds is 8. The summed E-state index contributed by atoms with van der Waals surface area (Å²) in [6, 6.07) is 6.03. The highest BCUT2D eigenvalue weighted by molar-refractivity contribution is 5.71. The fourth-order valence-corrected chi connectivity index (χ4v) is 4.46. The van der Waals surface area contributed by atoms with E-state index in [9.17, 15) is 4.79 Å². The van der Waals surface area contributed by atoms with Gasteiger partial charge in [-0.05, 0) is 58.1 Å². The summed E-state index contributed by atoms with van der Waals surface area (Å²) < 4.78 is 13.2. The Balaban J connectivity index is 1.43. The van der Waals surface area contributed by atoms with Crippen molar-refractivity contribution in [1.82, 2.24) is 19.7 Å². The van der Waals surface area contributed by atoms with Crippen LogP contribution in [0.4, 0.5) is 5.82 Å². The molecular formula is C26H35N5O3. The number of esters is 1. The second-order valence-electron chi connectivity index (χ2n) is 9.92. The minimum Gasteiger partial charge on any atom is -0.458 e. The minimum absolute atomic E-state index is 0.103. The molecule has 8 nitrogen and oxygen atoms in total. The highest BCUT2D eigenvalue weighted by atomic mass is 16.6. The number of allylic oxidation sites excluding steroid dienone is 4. The third kappa shape index (κ3) is 6.53. The Bertz CT molecular complexity index is 1000. The SMILES string of the molecule is CC(C)(C)OC(=O)COCc1nnc(C2CCN(c3ccccn3)CC2)n1CC1C=CC=CC1. The second-order valence-corrected chi connectivity index (χ2v) is 9.92. The molecule has 4 rings (SSSR count). The van der Waals surface area contributed by atoms with Crippen molar-refractivity contribution in [2.24, 2.45) is 5.92 Å². The van der Waals surface area contributed by atoms with E-state index >= 15 is 0 Å². The van der Waals surface area contributed by atoms with Gasteiger partial charge in [-0.1, -0.05) is 30.4 Å². The van der Waals surface area contributed by atoms with E-state index in [1.165, 1.54) is 0 Å². The first-order valence-electron chi connectivity index (χ1n) is 12.1. The number of piperidine rings is 1. The van der Waals surface area contributed by atoms with Crippen LogP contribution in [0.5, 0.6) is 0 Å². The average molecular weight is 466 g/mol. The fraction of sp³-hybridized carbons (Fsp3) is 0.538. The molecule has 0 saturated carbocycles. The molecular weight excluding hydrogens is 430 g/mol. The maximum absolute atomic E-state index is 12.0. The van der Waals surface area contributed by atoms with Crippen molar-refractivity contribution in [3.8, 4) is 0 Å². The van der Waals surface area contributed by atoms with Crippen molar-refractivity contribution in [3.63, 3.8) is 0 Å². The first-order chi connectivity index (χ1) is 16.4. The van der Waals surface area contributed by atoms with Crippen LogP contribution in [-0.2, 0) is 27.4 Å². The predicted octanol–water partition coefficient (Wildman–Crippen LogP) is 4.05. The molecule has 1 aliphatic heterocycles. The van der Waals surface area contributed by atoms with Gasteiger partial charge in [0.15, 0.2) is 5.82 Å². The molecule has 0 amide bonds. The average Bonchev–Trinajstić information content (AvgIpc) is 3.21. The van der Waals surface area contributed by atoms with E-state index < -0.39 is 5.60 Å². The van der Waals surface area contributed by atoms with Gasteiger partial charge < -0.3 is 18.9 Å². The zero-order valence-corrected chi connectivity index (χ0v) is 20.4. The summed E-state index contributed by atoms with van der Waals surface area (Å²) in [6.45, 7) is 8.33. The molecule has 2 aliphatic rings. The zero-order valence-electron chi connectivity index (χ0n) is 20.4. The number of anilines is 1. The minimum atomic E-state index is -0.529. The van der Waals surface area contributed by atoms with Gasteiger partial charge in [0.1, 0.15) is 30.5 Å². The van der Waals surface area contributed by atoms with E-state index in [1.807, 2.05) is 39.1 Å². The van der Waals surface area contributed by atoms with Crippen LogP contribution in [0.25, 0.3) is 0 Å². The van der Waals surface area contributed by atoms with Gasteiger partial charge in [-0.3, -0.25) is 0 Å². The van der Waals surface area contributed by atoms with Gasteiger partial charge in [0.25, 0.3) is 0 Å². The molecule has 1 aliphatic carbocycles. The predicted molar refractivity (Wildman–Crippen MR) is 130 cm³/mol. The largest absolute Gasteiger partial charge is 0.458 e. The molecule has 0 bridgehead atoms. The summed E-state index contributed by atoms with van der Waals surface area (Å²) in [6.07, 6.45) is 13.4. The van der Waals surface area contributed by atoms with Gasteiger partial charge in [0.2, 0.25) is 0 Å². The van der Waals surface area contributed by atoms with E-state index in [2.05, 4.69) is 55.0 Å². The van der Waals surface area contributed by atoms with Gasteiger partial charge in [0.05, 0.1) is 0 Å². The number of ether oxygens (including phenoxy) is 2. The lowest BCUT2D eigenvalue weighted by Crippen LogP contribution is -2.34. The first-order valence-corrected chi connectivity index (χ1v) is 12.1. The van der Waals surface area contributed by atoms with Crippen molar-refractivity contribution in [2.45, 2.75) is 64.7 Å². The standard InChI is InChI=1S/C26H35N5O3/c1-26(2,3)34-24(32)19-33-18-23-28-29-25(31(23)17-20-9-5-4-6-10-20)21-12-15-30(16-13-21)22-11-7-8-14-27-22/h4-9,11,14,20-21H,10,12-13,15-19H2,1-3H3. The van der Waals surface area contributed by atoms with Gasteiger partial charge in [-0.15, -0.1) is 10.2 Å². The van der Waals surface area contributed by atoms with Gasteiger partial charge in [-0.25, -0.2) is 9.78 Å². The number of hydrogen-bond donors (Lipinski definition) is 0. The molecule has 2 aromatic rings. The summed E-state index contributed by atoms with van der Waals surface area (Å²) in [5.74, 6) is 3.14. The van der Waals surface area contributed by atoms with Crippen LogP contribution in [0, 0.1) is 5.92 Å². The lowest BCUT2D eigenvalue weighted by Gasteiger charge is -2.32. The van der Waals surface area contributed by atoms with Crippen molar-refractivity contribution in [2.75, 3.05) is 24.6 Å². The van der Waals surface area contributed by atoms with Crippen LogP contribution in [-0.4, -0.2) is 51.0 Å². The van der Waals surface area contributed by atoms with Gasteiger partial charge >= 0.3 is 5.97 Å². The number of aromatic nitrogens is 4. The normalized spacial score (nSPS) is 18.9. The Hall–Kier alpha value is -3.00. The monoisotopic (exact) mass is 465 g/mol. The third-order valence-electron chi connectivity index (χ3n) is 6.05. The van der Waals surface area contributed by atoms with Gasteiger partial charge in [-0.2, -0.15) is 0 Å². The second kappa shape index (κ2) is 11.0. The molecule has 182 valence electrons. The maximum atomic E-state index is 12.0. The number of pyridine rings is 1. The summed E-state index contributed by atoms with van der Waals surface area (Å²) in [7, 11) is 0.